The maximum absolute atomic E-state index is 12.5. The number of carbonyl (C=O) groups excluding carboxylic acids is 2. The van der Waals surface area contributed by atoms with E-state index in [9.17, 15) is 9.59 Å². The number of anilines is 1. The lowest BCUT2D eigenvalue weighted by atomic mass is 10.0. The summed E-state index contributed by atoms with van der Waals surface area (Å²) in [5.41, 5.74) is 7.06. The fourth-order valence-electron chi connectivity index (χ4n) is 2.44. The number of Topliss-reactive ketones (excluding diaryl/α,β-unsaturated/α-hetero) is 1. The van der Waals surface area contributed by atoms with Crippen LogP contribution in [0, 0.1) is 0 Å². The van der Waals surface area contributed by atoms with Gasteiger partial charge in [0.2, 0.25) is 0 Å². The van der Waals surface area contributed by atoms with E-state index < -0.39 is 17.8 Å². The molecule has 2 N–H and O–H groups in total. The molecule has 0 aliphatic heterocycles. The minimum Gasteiger partial charge on any atom is -1.00 e. The average molecular weight is 393 g/mol. The highest BCUT2D eigenvalue weighted by Gasteiger charge is 2.32. The van der Waals surface area contributed by atoms with Crippen LogP contribution in [-0.4, -0.2) is 18.4 Å². The van der Waals surface area contributed by atoms with Gasteiger partial charge in [-0.3, -0.25) is 10.5 Å². The van der Waals surface area contributed by atoms with E-state index in [0.29, 0.717) is 18.7 Å². The molecule has 5 nitrogen and oxygen atoms in total. The van der Waals surface area contributed by atoms with Crippen molar-refractivity contribution in [3.8, 4) is 0 Å². The number of ether oxygens (including phenoxy) is 1. The van der Waals surface area contributed by atoms with Crippen molar-refractivity contribution in [1.29, 1.82) is 0 Å². The Morgan fingerprint density at radius 3 is 2.42 bits per heavy atom. The predicted molar refractivity (Wildman–Crippen MR) is 86.5 cm³/mol. The summed E-state index contributed by atoms with van der Waals surface area (Å²) >= 11 is 0. The van der Waals surface area contributed by atoms with Crippen LogP contribution in [0.4, 0.5) is 5.82 Å². The molecule has 6 heteroatoms. The number of rotatable bonds is 7. The average Bonchev–Trinajstić information content (AvgIpc) is 2.57. The zero-order valence-electron chi connectivity index (χ0n) is 13.5. The zero-order chi connectivity index (χ0) is 16.7. The molecule has 1 aromatic heterocycles. The smallest absolute Gasteiger partial charge is 0.379 e. The summed E-state index contributed by atoms with van der Waals surface area (Å²) < 4.78 is 6.48. The van der Waals surface area contributed by atoms with Crippen LogP contribution in [0.25, 0.3) is 0 Å². The van der Waals surface area contributed by atoms with E-state index in [4.69, 9.17) is 10.5 Å². The number of nitrogens with zero attached hydrogens (tertiary/aromatic N) is 1. The standard InChI is InChI=1S/C18H20N2O3.BrH/c1-2-23-18(22)17(21)15(20-13-7-6-10-16(20)19)12-11-14-8-4-3-5-9-14;/h3-10,13,15,19H,2,11-12H2,1H3;1H. The van der Waals surface area contributed by atoms with Gasteiger partial charge in [0.05, 0.1) is 12.8 Å². The molecule has 0 saturated carbocycles. The molecule has 0 bridgehead atoms. The first-order valence-electron chi connectivity index (χ1n) is 7.64. The summed E-state index contributed by atoms with van der Waals surface area (Å²) in [6.45, 7) is 1.85. The zero-order valence-corrected chi connectivity index (χ0v) is 15.1. The molecule has 1 unspecified atom stereocenters. The Labute approximate surface area is 152 Å². The van der Waals surface area contributed by atoms with Crippen molar-refractivity contribution in [3.63, 3.8) is 0 Å². The molecule has 2 aromatic rings. The van der Waals surface area contributed by atoms with Crippen LogP contribution in [0.2, 0.25) is 0 Å². The highest BCUT2D eigenvalue weighted by molar-refractivity contribution is 6.34. The number of nitrogens with two attached hydrogens (primary N) is 1. The summed E-state index contributed by atoms with van der Waals surface area (Å²) in [6, 6.07) is 14.4. The molecule has 1 atom stereocenters. The summed E-state index contributed by atoms with van der Waals surface area (Å²) in [5, 5.41) is 0. The predicted octanol–water partition coefficient (Wildman–Crippen LogP) is -1.13. The van der Waals surface area contributed by atoms with E-state index in [1.165, 1.54) is 0 Å². The largest absolute Gasteiger partial charge is 1.00 e. The van der Waals surface area contributed by atoms with E-state index in [1.54, 1.807) is 35.9 Å². The maximum Gasteiger partial charge on any atom is 0.379 e. The number of aryl methyl sites for hydroxylation is 1. The second-order valence-electron chi connectivity index (χ2n) is 5.16. The molecule has 0 fully saturated rings. The highest BCUT2D eigenvalue weighted by Crippen LogP contribution is 2.14. The quantitative estimate of drug-likeness (QED) is 0.367. The van der Waals surface area contributed by atoms with Crippen molar-refractivity contribution in [2.75, 3.05) is 12.3 Å². The third kappa shape index (κ3) is 5.16. The van der Waals surface area contributed by atoms with Crippen LogP contribution in [0.1, 0.15) is 24.9 Å². The number of esters is 1. The van der Waals surface area contributed by atoms with Gasteiger partial charge in [0.25, 0.3) is 11.6 Å². The van der Waals surface area contributed by atoms with Crippen molar-refractivity contribution < 1.29 is 35.9 Å². The number of nitrogen functional groups attached to an aromatic ring is 1. The van der Waals surface area contributed by atoms with E-state index in [2.05, 4.69) is 0 Å². The lowest BCUT2D eigenvalue weighted by Gasteiger charge is -2.15. The van der Waals surface area contributed by atoms with Crippen molar-refractivity contribution in [1.82, 2.24) is 0 Å². The fraction of sp³-hybridized carbons (Fsp3) is 0.278. The third-order valence-corrected chi connectivity index (χ3v) is 3.59. The number of pyridine rings is 1. The van der Waals surface area contributed by atoms with Crippen molar-refractivity contribution in [3.05, 3.63) is 60.3 Å². The number of ketones is 1. The number of aromatic nitrogens is 1. The lowest BCUT2D eigenvalue weighted by Crippen LogP contribution is -3.00. The second-order valence-corrected chi connectivity index (χ2v) is 5.16. The Morgan fingerprint density at radius 2 is 1.79 bits per heavy atom. The summed E-state index contributed by atoms with van der Waals surface area (Å²) in [6.07, 6.45) is 2.85. The van der Waals surface area contributed by atoms with E-state index in [1.807, 2.05) is 30.3 Å². The molecule has 2 rings (SSSR count). The van der Waals surface area contributed by atoms with E-state index >= 15 is 0 Å². The molecule has 1 heterocycles. The Bertz CT molecular complexity index is 677. The van der Waals surface area contributed by atoms with Crippen molar-refractivity contribution in [2.45, 2.75) is 25.8 Å². The summed E-state index contributed by atoms with van der Waals surface area (Å²) in [4.78, 5) is 24.3. The molecule has 0 aliphatic carbocycles. The Hall–Kier alpha value is -2.21. The Balaban J connectivity index is 0.00000288. The molecule has 24 heavy (non-hydrogen) atoms. The third-order valence-electron chi connectivity index (χ3n) is 3.59. The number of carbonyl (C=O) groups is 2. The Morgan fingerprint density at radius 1 is 1.12 bits per heavy atom. The van der Waals surface area contributed by atoms with Gasteiger partial charge in [-0.2, -0.15) is 0 Å². The van der Waals surface area contributed by atoms with Crippen LogP contribution in [0.3, 0.4) is 0 Å². The van der Waals surface area contributed by atoms with Crippen molar-refractivity contribution >= 4 is 17.6 Å². The Kier molecular flexibility index (Phi) is 8.12. The van der Waals surface area contributed by atoms with Gasteiger partial charge in [-0.15, -0.1) is 0 Å². The molecule has 1 aromatic carbocycles. The van der Waals surface area contributed by atoms with Gasteiger partial charge < -0.3 is 21.7 Å². The fourth-order valence-corrected chi connectivity index (χ4v) is 2.44. The first kappa shape index (κ1) is 19.8. The van der Waals surface area contributed by atoms with Gasteiger partial charge >= 0.3 is 5.97 Å². The van der Waals surface area contributed by atoms with E-state index in [0.717, 1.165) is 5.56 Å². The topological polar surface area (TPSA) is 73.3 Å². The highest BCUT2D eigenvalue weighted by atomic mass is 79.9. The van der Waals surface area contributed by atoms with Crippen LogP contribution < -0.4 is 27.3 Å². The molecular weight excluding hydrogens is 372 g/mol. The van der Waals surface area contributed by atoms with Gasteiger partial charge in [0.1, 0.15) is 0 Å². The molecule has 128 valence electrons. The van der Waals surface area contributed by atoms with Gasteiger partial charge in [-0.05, 0) is 25.0 Å². The second kappa shape index (κ2) is 9.82. The first-order chi connectivity index (χ1) is 11.1. The normalized spacial score (nSPS) is 11.2. The lowest BCUT2D eigenvalue weighted by molar-refractivity contribution is -0.695. The monoisotopic (exact) mass is 392 g/mol. The molecule has 0 amide bonds. The first-order valence-corrected chi connectivity index (χ1v) is 7.64. The molecule has 0 radical (unpaired) electrons. The molecule has 0 spiro atoms. The van der Waals surface area contributed by atoms with Gasteiger partial charge in [0, 0.05) is 12.5 Å². The van der Waals surface area contributed by atoms with Crippen LogP contribution >= 0.6 is 0 Å². The summed E-state index contributed by atoms with van der Waals surface area (Å²) in [7, 11) is 0. The SMILES string of the molecule is CCOC(=O)C(=O)C(CCc1ccccc1)[n+]1ccccc1N.[Br-]. The minimum absolute atomic E-state index is 0. The van der Waals surface area contributed by atoms with E-state index in [-0.39, 0.29) is 23.6 Å². The van der Waals surface area contributed by atoms with Gasteiger partial charge in [-0.25, -0.2) is 9.36 Å². The molecule has 0 saturated heterocycles. The van der Waals surface area contributed by atoms with Crippen LogP contribution in [0.15, 0.2) is 54.7 Å². The van der Waals surface area contributed by atoms with Crippen LogP contribution in [0.5, 0.6) is 0 Å². The van der Waals surface area contributed by atoms with Crippen LogP contribution in [-0.2, 0) is 20.7 Å². The van der Waals surface area contributed by atoms with Gasteiger partial charge in [-0.1, -0.05) is 36.4 Å². The maximum atomic E-state index is 12.5. The molecular formula is C18H21BrN2O3. The summed E-state index contributed by atoms with van der Waals surface area (Å²) in [5.74, 6) is -0.963. The number of benzene rings is 1. The minimum atomic E-state index is -0.818. The van der Waals surface area contributed by atoms with Gasteiger partial charge in [0.15, 0.2) is 6.04 Å². The number of hydrogen-bond acceptors (Lipinski definition) is 4. The van der Waals surface area contributed by atoms with Crippen molar-refractivity contribution in [2.24, 2.45) is 0 Å². The number of hydrogen-bond donors (Lipinski definition) is 1. The molecule has 0 aliphatic rings. The number of halogens is 1.